The molecule has 1 aromatic carbocycles. The number of aromatic nitrogens is 1. The Morgan fingerprint density at radius 2 is 2.08 bits per heavy atom. The summed E-state index contributed by atoms with van der Waals surface area (Å²) in [6, 6.07) is 4.87. The lowest BCUT2D eigenvalue weighted by Gasteiger charge is -2.35. The quantitative estimate of drug-likeness (QED) is 0.420. The van der Waals surface area contributed by atoms with E-state index in [2.05, 4.69) is 19.8 Å². The maximum Gasteiger partial charge on any atom is 0.191 e. The minimum atomic E-state index is -0.197. The molecule has 5 nitrogen and oxygen atoms in total. The second-order valence-electron chi connectivity index (χ2n) is 5.85. The van der Waals surface area contributed by atoms with E-state index in [9.17, 15) is 4.39 Å². The predicted octanol–water partition coefficient (Wildman–Crippen LogP) is 2.89. The monoisotopic (exact) mass is 475 g/mol. The zero-order valence-electron chi connectivity index (χ0n) is 14.2. The highest BCUT2D eigenvalue weighted by atomic mass is 127. The summed E-state index contributed by atoms with van der Waals surface area (Å²) in [5.41, 5.74) is 8.19. The largest absolute Gasteiger partial charge is 0.370 e. The first-order chi connectivity index (χ1) is 11.6. The van der Waals surface area contributed by atoms with Crippen molar-refractivity contribution in [1.82, 2.24) is 9.88 Å². The summed E-state index contributed by atoms with van der Waals surface area (Å²) < 4.78 is 13.1. The lowest BCUT2D eigenvalue weighted by molar-refractivity contribution is 0.380. The molecule has 3 rings (SSSR count). The van der Waals surface area contributed by atoms with Gasteiger partial charge in [-0.05, 0) is 36.6 Å². The molecule has 0 spiro atoms. The van der Waals surface area contributed by atoms with Crippen molar-refractivity contribution in [3.63, 3.8) is 0 Å². The van der Waals surface area contributed by atoms with Crippen LogP contribution in [0.2, 0.25) is 0 Å². The average Bonchev–Trinajstić information content (AvgIpc) is 3.11. The lowest BCUT2D eigenvalue weighted by atomic mass is 10.1. The van der Waals surface area contributed by atoms with Gasteiger partial charge in [-0.3, -0.25) is 4.99 Å². The number of rotatable bonds is 4. The Hall–Kier alpha value is -1.42. The van der Waals surface area contributed by atoms with Crippen LogP contribution >= 0.6 is 35.3 Å². The van der Waals surface area contributed by atoms with Crippen molar-refractivity contribution in [2.75, 3.05) is 37.6 Å². The van der Waals surface area contributed by atoms with E-state index in [-0.39, 0.29) is 29.8 Å². The summed E-state index contributed by atoms with van der Waals surface area (Å²) in [4.78, 5) is 13.2. The van der Waals surface area contributed by atoms with Gasteiger partial charge in [0.25, 0.3) is 0 Å². The van der Waals surface area contributed by atoms with Crippen molar-refractivity contribution < 1.29 is 4.39 Å². The maximum atomic E-state index is 13.1. The molecule has 1 saturated heterocycles. The van der Waals surface area contributed by atoms with Crippen LogP contribution in [0.4, 0.5) is 9.52 Å². The van der Waals surface area contributed by atoms with Gasteiger partial charge in [0.1, 0.15) is 5.82 Å². The number of hydrogen-bond donors (Lipinski definition) is 1. The third-order valence-electron chi connectivity index (χ3n) is 4.25. The molecule has 0 unspecified atom stereocenters. The van der Waals surface area contributed by atoms with Crippen LogP contribution in [-0.4, -0.2) is 48.6 Å². The Morgan fingerprint density at radius 3 is 2.72 bits per heavy atom. The van der Waals surface area contributed by atoms with Crippen molar-refractivity contribution in [2.45, 2.75) is 13.3 Å². The van der Waals surface area contributed by atoms with Gasteiger partial charge in [0.2, 0.25) is 0 Å². The molecule has 0 bridgehead atoms. The SMILES string of the molecule is Cc1cc(F)ccc1CCN=C(N)N1CCN(c2nccs2)CC1.I. The maximum absolute atomic E-state index is 13.1. The molecule has 8 heteroatoms. The number of piperazine rings is 1. The Balaban J connectivity index is 0.00000225. The van der Waals surface area contributed by atoms with E-state index >= 15 is 0 Å². The van der Waals surface area contributed by atoms with E-state index < -0.39 is 0 Å². The summed E-state index contributed by atoms with van der Waals surface area (Å²) in [7, 11) is 0. The Labute approximate surface area is 168 Å². The third-order valence-corrected chi connectivity index (χ3v) is 5.09. The second kappa shape index (κ2) is 9.33. The zero-order chi connectivity index (χ0) is 16.9. The molecule has 0 atom stereocenters. The van der Waals surface area contributed by atoms with Crippen LogP contribution in [0.5, 0.6) is 0 Å². The number of aryl methyl sites for hydroxylation is 1. The summed E-state index contributed by atoms with van der Waals surface area (Å²) in [6.07, 6.45) is 2.60. The third kappa shape index (κ3) is 5.27. The standard InChI is InChI=1S/C17H22FN5S.HI/c1-13-12-15(18)3-2-14(13)4-5-20-16(19)22-7-9-23(10-8-22)17-21-6-11-24-17;/h2-3,6,11-12H,4-5,7-10H2,1H3,(H2,19,20);1H. The minimum Gasteiger partial charge on any atom is -0.370 e. The van der Waals surface area contributed by atoms with E-state index in [4.69, 9.17) is 5.73 Å². The van der Waals surface area contributed by atoms with Crippen molar-refractivity contribution >= 4 is 46.4 Å². The number of benzene rings is 1. The van der Waals surface area contributed by atoms with Gasteiger partial charge >= 0.3 is 0 Å². The molecule has 0 radical (unpaired) electrons. The van der Waals surface area contributed by atoms with E-state index in [0.29, 0.717) is 12.5 Å². The highest BCUT2D eigenvalue weighted by Gasteiger charge is 2.19. The summed E-state index contributed by atoms with van der Waals surface area (Å²) in [6.45, 7) is 6.05. The first-order valence-electron chi connectivity index (χ1n) is 8.08. The number of thiazole rings is 1. The second-order valence-corrected chi connectivity index (χ2v) is 6.72. The zero-order valence-corrected chi connectivity index (χ0v) is 17.3. The first kappa shape index (κ1) is 19.9. The van der Waals surface area contributed by atoms with Crippen LogP contribution < -0.4 is 10.6 Å². The molecular weight excluding hydrogens is 452 g/mol. The normalized spacial score (nSPS) is 15.2. The van der Waals surface area contributed by atoms with E-state index in [0.717, 1.165) is 48.9 Å². The number of guanidine groups is 1. The smallest absolute Gasteiger partial charge is 0.191 e. The summed E-state index contributed by atoms with van der Waals surface area (Å²) in [5, 5.41) is 3.06. The summed E-state index contributed by atoms with van der Waals surface area (Å²) in [5.74, 6) is 0.394. The topological polar surface area (TPSA) is 57.8 Å². The fourth-order valence-electron chi connectivity index (χ4n) is 2.83. The van der Waals surface area contributed by atoms with Crippen molar-refractivity contribution in [2.24, 2.45) is 10.7 Å². The van der Waals surface area contributed by atoms with Crippen molar-refractivity contribution in [3.8, 4) is 0 Å². The number of hydrogen-bond acceptors (Lipinski definition) is 4. The number of nitrogens with zero attached hydrogens (tertiary/aromatic N) is 4. The summed E-state index contributed by atoms with van der Waals surface area (Å²) >= 11 is 1.66. The average molecular weight is 475 g/mol. The first-order valence-corrected chi connectivity index (χ1v) is 8.96. The van der Waals surface area contributed by atoms with Crippen LogP contribution in [0, 0.1) is 12.7 Å². The van der Waals surface area contributed by atoms with E-state index in [1.54, 1.807) is 17.4 Å². The molecule has 1 aliphatic rings. The van der Waals surface area contributed by atoms with Gasteiger partial charge in [-0.25, -0.2) is 9.37 Å². The Morgan fingerprint density at radius 1 is 1.32 bits per heavy atom. The lowest BCUT2D eigenvalue weighted by Crippen LogP contribution is -2.51. The fraction of sp³-hybridized carbons (Fsp3) is 0.412. The molecule has 0 amide bonds. The molecule has 1 fully saturated rings. The predicted molar refractivity (Wildman–Crippen MR) is 113 cm³/mol. The van der Waals surface area contributed by atoms with Crippen LogP contribution in [0.3, 0.4) is 0 Å². The van der Waals surface area contributed by atoms with Gasteiger partial charge in [0.05, 0.1) is 0 Å². The fourth-order valence-corrected chi connectivity index (χ4v) is 3.53. The van der Waals surface area contributed by atoms with Gasteiger partial charge in [0.15, 0.2) is 11.1 Å². The molecule has 0 saturated carbocycles. The molecule has 2 aromatic rings. The van der Waals surface area contributed by atoms with Crippen molar-refractivity contribution in [3.05, 3.63) is 46.7 Å². The highest BCUT2D eigenvalue weighted by Crippen LogP contribution is 2.18. The van der Waals surface area contributed by atoms with Crippen LogP contribution in [0.15, 0.2) is 34.8 Å². The van der Waals surface area contributed by atoms with Gasteiger partial charge < -0.3 is 15.5 Å². The number of anilines is 1. The van der Waals surface area contributed by atoms with Crippen LogP contribution in [0.1, 0.15) is 11.1 Å². The Kier molecular flexibility index (Phi) is 7.42. The van der Waals surface area contributed by atoms with Gasteiger partial charge in [-0.15, -0.1) is 35.3 Å². The van der Waals surface area contributed by atoms with Gasteiger partial charge in [-0.2, -0.15) is 0 Å². The molecule has 2 heterocycles. The number of aliphatic imine (C=N–C) groups is 1. The van der Waals surface area contributed by atoms with E-state index in [1.807, 2.05) is 24.6 Å². The van der Waals surface area contributed by atoms with E-state index in [1.165, 1.54) is 6.07 Å². The molecule has 1 aliphatic heterocycles. The van der Waals surface area contributed by atoms with Crippen LogP contribution in [-0.2, 0) is 6.42 Å². The minimum absolute atomic E-state index is 0. The molecule has 25 heavy (non-hydrogen) atoms. The van der Waals surface area contributed by atoms with Gasteiger partial charge in [-0.1, -0.05) is 6.07 Å². The molecule has 0 aliphatic carbocycles. The Bertz CT molecular complexity index is 699. The van der Waals surface area contributed by atoms with Gasteiger partial charge in [0, 0.05) is 44.3 Å². The highest BCUT2D eigenvalue weighted by molar-refractivity contribution is 14.0. The molecule has 136 valence electrons. The van der Waals surface area contributed by atoms with Crippen LogP contribution in [0.25, 0.3) is 0 Å². The number of halogens is 2. The molecule has 2 N–H and O–H groups in total. The number of nitrogens with two attached hydrogens (primary N) is 1. The van der Waals surface area contributed by atoms with Crippen molar-refractivity contribution in [1.29, 1.82) is 0 Å². The molecule has 1 aromatic heterocycles. The molecular formula is C17H23FIN5S.